The molecule has 0 radical (unpaired) electrons. The predicted molar refractivity (Wildman–Crippen MR) is 120 cm³/mol. The molecule has 8 nitrogen and oxygen atoms in total. The number of carboxylic acids is 1. The number of imide groups is 2. The molecule has 4 amide bonds. The summed E-state index contributed by atoms with van der Waals surface area (Å²) in [5.74, 6) is -2.90. The molecule has 0 bridgehead atoms. The van der Waals surface area contributed by atoms with Gasteiger partial charge in [0.1, 0.15) is 23.7 Å². The van der Waals surface area contributed by atoms with Gasteiger partial charge in [-0.3, -0.25) is 14.9 Å². The number of barbiturate groups is 1. The van der Waals surface area contributed by atoms with Crippen LogP contribution in [0.3, 0.4) is 0 Å². The van der Waals surface area contributed by atoms with Gasteiger partial charge in [0.05, 0.1) is 11.3 Å². The van der Waals surface area contributed by atoms with Crippen molar-refractivity contribution in [2.45, 2.75) is 6.61 Å². The highest BCUT2D eigenvalue weighted by Gasteiger charge is 2.37. The Morgan fingerprint density at radius 2 is 1.65 bits per heavy atom. The molecular formula is C25H17FN2O6. The Morgan fingerprint density at radius 1 is 0.971 bits per heavy atom. The first-order valence-electron chi connectivity index (χ1n) is 10.0. The van der Waals surface area contributed by atoms with E-state index in [2.05, 4.69) is 5.32 Å². The fourth-order valence-electron chi connectivity index (χ4n) is 3.27. The molecule has 0 spiro atoms. The monoisotopic (exact) mass is 460 g/mol. The number of carbonyl (C=O) groups is 4. The highest BCUT2D eigenvalue weighted by atomic mass is 19.1. The van der Waals surface area contributed by atoms with Gasteiger partial charge in [-0.05, 0) is 54.1 Å². The Kier molecular flexibility index (Phi) is 6.18. The Morgan fingerprint density at radius 3 is 2.32 bits per heavy atom. The van der Waals surface area contributed by atoms with Crippen LogP contribution in [-0.2, 0) is 16.2 Å². The number of aromatic carboxylic acids is 1. The normalized spacial score (nSPS) is 14.8. The fraction of sp³-hybridized carbons (Fsp3) is 0.0400. The Bertz CT molecular complexity index is 1320. The first-order chi connectivity index (χ1) is 16.3. The van der Waals surface area contributed by atoms with Gasteiger partial charge in [0, 0.05) is 5.56 Å². The quantitative estimate of drug-likeness (QED) is 0.428. The van der Waals surface area contributed by atoms with Crippen LogP contribution in [0.25, 0.3) is 6.08 Å². The topological polar surface area (TPSA) is 113 Å². The number of nitrogens with one attached hydrogen (secondary N) is 1. The van der Waals surface area contributed by atoms with Crippen LogP contribution in [-0.4, -0.2) is 28.9 Å². The van der Waals surface area contributed by atoms with E-state index in [0.29, 0.717) is 11.3 Å². The van der Waals surface area contributed by atoms with E-state index in [1.807, 2.05) is 0 Å². The van der Waals surface area contributed by atoms with Gasteiger partial charge in [0.15, 0.2) is 0 Å². The summed E-state index contributed by atoms with van der Waals surface area (Å²) in [6.07, 6.45) is 1.31. The molecular weight excluding hydrogens is 443 g/mol. The molecule has 0 unspecified atom stereocenters. The molecule has 0 aromatic heterocycles. The molecule has 1 aliphatic rings. The zero-order valence-electron chi connectivity index (χ0n) is 17.5. The number of hydrogen-bond acceptors (Lipinski definition) is 5. The first kappa shape index (κ1) is 22.4. The third kappa shape index (κ3) is 4.68. The summed E-state index contributed by atoms with van der Waals surface area (Å²) < 4.78 is 18.9. The van der Waals surface area contributed by atoms with Crippen LogP contribution in [0.15, 0.2) is 78.4 Å². The molecule has 2 N–H and O–H groups in total. The van der Waals surface area contributed by atoms with Gasteiger partial charge >= 0.3 is 12.0 Å². The van der Waals surface area contributed by atoms with E-state index in [9.17, 15) is 23.6 Å². The molecule has 3 aromatic rings. The van der Waals surface area contributed by atoms with Crippen molar-refractivity contribution in [2.75, 3.05) is 4.90 Å². The van der Waals surface area contributed by atoms with E-state index in [4.69, 9.17) is 9.84 Å². The van der Waals surface area contributed by atoms with E-state index in [-0.39, 0.29) is 29.2 Å². The van der Waals surface area contributed by atoms with Crippen molar-refractivity contribution in [1.82, 2.24) is 5.32 Å². The SMILES string of the molecule is O=C1NC(=O)N(c2ccc(C(=O)O)cc2)C(=O)/C1=C/c1ccccc1OCc1ccc(F)cc1. The molecule has 1 saturated heterocycles. The lowest BCUT2D eigenvalue weighted by Crippen LogP contribution is -2.54. The van der Waals surface area contributed by atoms with E-state index in [1.165, 1.54) is 42.5 Å². The summed E-state index contributed by atoms with van der Waals surface area (Å²) >= 11 is 0. The second-order valence-corrected chi connectivity index (χ2v) is 7.26. The van der Waals surface area contributed by atoms with Gasteiger partial charge in [-0.1, -0.05) is 30.3 Å². The summed E-state index contributed by atoms with van der Waals surface area (Å²) in [6, 6.07) is 16.6. The van der Waals surface area contributed by atoms with Crippen LogP contribution in [0.2, 0.25) is 0 Å². The lowest BCUT2D eigenvalue weighted by molar-refractivity contribution is -0.122. The average molecular weight is 460 g/mol. The number of hydrogen-bond donors (Lipinski definition) is 2. The lowest BCUT2D eigenvalue weighted by Gasteiger charge is -2.26. The number of rotatable bonds is 6. The van der Waals surface area contributed by atoms with Crippen LogP contribution in [0.5, 0.6) is 5.75 Å². The van der Waals surface area contributed by atoms with Gasteiger partial charge in [0.2, 0.25) is 0 Å². The highest BCUT2D eigenvalue weighted by Crippen LogP contribution is 2.26. The number of nitrogens with zero attached hydrogens (tertiary/aromatic N) is 1. The van der Waals surface area contributed by atoms with Crippen LogP contribution in [0, 0.1) is 5.82 Å². The molecule has 1 fully saturated rings. The third-order valence-electron chi connectivity index (χ3n) is 5.00. The molecule has 1 heterocycles. The third-order valence-corrected chi connectivity index (χ3v) is 5.00. The van der Waals surface area contributed by atoms with Crippen molar-refractivity contribution in [1.29, 1.82) is 0 Å². The molecule has 1 aliphatic heterocycles. The Hall–Kier alpha value is -4.79. The molecule has 9 heteroatoms. The molecule has 34 heavy (non-hydrogen) atoms. The van der Waals surface area contributed by atoms with Crippen molar-refractivity contribution >= 4 is 35.6 Å². The maximum Gasteiger partial charge on any atom is 0.335 e. The number of benzene rings is 3. The van der Waals surface area contributed by atoms with E-state index >= 15 is 0 Å². The predicted octanol–water partition coefficient (Wildman–Crippen LogP) is 3.77. The van der Waals surface area contributed by atoms with Crippen molar-refractivity contribution in [3.05, 3.63) is 101 Å². The minimum absolute atomic E-state index is 0.0207. The van der Waals surface area contributed by atoms with Crippen LogP contribution >= 0.6 is 0 Å². The van der Waals surface area contributed by atoms with Crippen molar-refractivity contribution in [2.24, 2.45) is 0 Å². The Balaban J connectivity index is 1.62. The van der Waals surface area contributed by atoms with Gasteiger partial charge in [0.25, 0.3) is 11.8 Å². The van der Waals surface area contributed by atoms with Crippen LogP contribution in [0.4, 0.5) is 14.9 Å². The molecule has 0 saturated carbocycles. The molecule has 3 aromatic carbocycles. The lowest BCUT2D eigenvalue weighted by atomic mass is 10.1. The average Bonchev–Trinajstić information content (AvgIpc) is 2.82. The van der Waals surface area contributed by atoms with E-state index in [1.54, 1.807) is 36.4 Å². The standard InChI is InChI=1S/C25H17FN2O6/c26-18-9-5-15(6-10-18)14-34-21-4-2-1-3-17(21)13-20-22(29)27-25(33)28(23(20)30)19-11-7-16(8-12-19)24(31)32/h1-13H,14H2,(H,31,32)(H,27,29,33)/b20-13+. The number of para-hydroxylation sites is 1. The zero-order valence-corrected chi connectivity index (χ0v) is 17.5. The zero-order chi connectivity index (χ0) is 24.2. The number of urea groups is 1. The van der Waals surface area contributed by atoms with E-state index in [0.717, 1.165) is 10.5 Å². The van der Waals surface area contributed by atoms with Gasteiger partial charge in [-0.15, -0.1) is 0 Å². The fourth-order valence-corrected chi connectivity index (χ4v) is 3.27. The second kappa shape index (κ2) is 9.37. The Labute approximate surface area is 192 Å². The molecule has 0 atom stereocenters. The summed E-state index contributed by atoms with van der Waals surface area (Å²) in [4.78, 5) is 49.7. The maximum absolute atomic E-state index is 13.1. The smallest absolute Gasteiger partial charge is 0.335 e. The summed E-state index contributed by atoms with van der Waals surface area (Å²) in [5, 5.41) is 11.2. The van der Waals surface area contributed by atoms with Crippen molar-refractivity contribution in [3.63, 3.8) is 0 Å². The number of carboxylic acid groups (broad SMARTS) is 1. The summed E-state index contributed by atoms with van der Waals surface area (Å²) in [7, 11) is 0. The van der Waals surface area contributed by atoms with Gasteiger partial charge in [-0.25, -0.2) is 18.9 Å². The summed E-state index contributed by atoms with van der Waals surface area (Å²) in [6.45, 7) is 0.126. The molecule has 4 rings (SSSR count). The minimum atomic E-state index is -1.16. The highest BCUT2D eigenvalue weighted by molar-refractivity contribution is 6.39. The maximum atomic E-state index is 13.1. The molecule has 170 valence electrons. The van der Waals surface area contributed by atoms with Crippen molar-refractivity contribution < 1.29 is 33.4 Å². The number of ether oxygens (including phenoxy) is 1. The van der Waals surface area contributed by atoms with E-state index < -0.39 is 23.8 Å². The summed E-state index contributed by atoms with van der Waals surface area (Å²) in [5.41, 5.74) is 0.912. The first-order valence-corrected chi connectivity index (χ1v) is 10.0. The largest absolute Gasteiger partial charge is 0.488 e. The van der Waals surface area contributed by atoms with Gasteiger partial charge < -0.3 is 9.84 Å². The number of halogens is 1. The number of anilines is 1. The second-order valence-electron chi connectivity index (χ2n) is 7.26. The van der Waals surface area contributed by atoms with Gasteiger partial charge in [-0.2, -0.15) is 0 Å². The van der Waals surface area contributed by atoms with Crippen LogP contribution in [0.1, 0.15) is 21.5 Å². The molecule has 0 aliphatic carbocycles. The number of carbonyl (C=O) groups excluding carboxylic acids is 3. The minimum Gasteiger partial charge on any atom is -0.488 e. The van der Waals surface area contributed by atoms with Crippen molar-refractivity contribution in [3.8, 4) is 5.75 Å². The van der Waals surface area contributed by atoms with Crippen LogP contribution < -0.4 is 15.0 Å². The number of amides is 4.